The first kappa shape index (κ1) is 14.9. The maximum Gasteiger partial charge on any atom is 0.253 e. The minimum atomic E-state index is 0. The summed E-state index contributed by atoms with van der Waals surface area (Å²) in [6, 6.07) is 8.16. The fourth-order valence-electron chi connectivity index (χ4n) is 2.56. The molecule has 1 amide bonds. The quantitative estimate of drug-likeness (QED) is 0.857. The van der Waals surface area contributed by atoms with Crippen molar-refractivity contribution in [1.29, 1.82) is 0 Å². The summed E-state index contributed by atoms with van der Waals surface area (Å²) in [5, 5.41) is 3.34. The van der Waals surface area contributed by atoms with Gasteiger partial charge in [0, 0.05) is 31.2 Å². The predicted molar refractivity (Wildman–Crippen MR) is 81.2 cm³/mol. The van der Waals surface area contributed by atoms with Gasteiger partial charge in [0.2, 0.25) is 0 Å². The molecule has 1 unspecified atom stereocenters. The molecule has 1 aromatic carbocycles. The SMILES string of the molecule is CC1CN(C(=O)C2=Cc3ccccc3OC2)CCN1.Cl. The number of rotatable bonds is 1. The van der Waals surface area contributed by atoms with E-state index in [1.54, 1.807) is 0 Å². The van der Waals surface area contributed by atoms with Crippen LogP contribution in [-0.4, -0.2) is 43.1 Å². The minimum absolute atomic E-state index is 0. The van der Waals surface area contributed by atoms with Crippen molar-refractivity contribution in [3.63, 3.8) is 0 Å². The summed E-state index contributed by atoms with van der Waals surface area (Å²) in [6.45, 7) is 4.85. The van der Waals surface area contributed by atoms with Crippen LogP contribution in [-0.2, 0) is 4.79 Å². The van der Waals surface area contributed by atoms with Crippen molar-refractivity contribution >= 4 is 24.4 Å². The predicted octanol–water partition coefficient (Wildman–Crippen LogP) is 1.70. The molecule has 0 spiro atoms. The van der Waals surface area contributed by atoms with Gasteiger partial charge in [-0.15, -0.1) is 12.4 Å². The van der Waals surface area contributed by atoms with Crippen LogP contribution in [0.3, 0.4) is 0 Å². The highest BCUT2D eigenvalue weighted by Gasteiger charge is 2.25. The molecular formula is C15H19ClN2O2. The van der Waals surface area contributed by atoms with E-state index in [2.05, 4.69) is 12.2 Å². The summed E-state index contributed by atoms with van der Waals surface area (Å²) in [5.74, 6) is 0.954. The van der Waals surface area contributed by atoms with Crippen LogP contribution in [0.1, 0.15) is 12.5 Å². The normalized spacial score (nSPS) is 21.1. The van der Waals surface area contributed by atoms with Gasteiger partial charge in [-0.05, 0) is 19.1 Å². The van der Waals surface area contributed by atoms with Crippen molar-refractivity contribution in [2.45, 2.75) is 13.0 Å². The van der Waals surface area contributed by atoms with E-state index >= 15 is 0 Å². The molecule has 0 aliphatic carbocycles. The lowest BCUT2D eigenvalue weighted by Gasteiger charge is -2.33. The highest BCUT2D eigenvalue weighted by atomic mass is 35.5. The molecule has 2 heterocycles. The van der Waals surface area contributed by atoms with Gasteiger partial charge in [-0.25, -0.2) is 0 Å². The second-order valence-corrected chi connectivity index (χ2v) is 5.10. The Morgan fingerprint density at radius 3 is 3.00 bits per heavy atom. The van der Waals surface area contributed by atoms with Gasteiger partial charge < -0.3 is 15.0 Å². The highest BCUT2D eigenvalue weighted by molar-refractivity contribution is 5.99. The van der Waals surface area contributed by atoms with Gasteiger partial charge in [0.05, 0.1) is 5.57 Å². The fraction of sp³-hybridized carbons (Fsp3) is 0.400. The number of nitrogens with one attached hydrogen (secondary N) is 1. The summed E-state index contributed by atoms with van der Waals surface area (Å²) >= 11 is 0. The average Bonchev–Trinajstić information content (AvgIpc) is 2.46. The average molecular weight is 295 g/mol. The Bertz CT molecular complexity index is 530. The molecule has 0 bridgehead atoms. The number of carbonyl (C=O) groups excluding carboxylic acids is 1. The molecule has 1 aromatic rings. The molecule has 1 atom stereocenters. The van der Waals surface area contributed by atoms with Crippen molar-refractivity contribution in [3.8, 4) is 5.75 Å². The second kappa shape index (κ2) is 6.29. The molecular weight excluding hydrogens is 276 g/mol. The van der Waals surface area contributed by atoms with Gasteiger partial charge in [0.15, 0.2) is 0 Å². The van der Waals surface area contributed by atoms with E-state index in [9.17, 15) is 4.79 Å². The summed E-state index contributed by atoms with van der Waals surface area (Å²) in [7, 11) is 0. The third-order valence-electron chi connectivity index (χ3n) is 3.56. The van der Waals surface area contributed by atoms with E-state index in [0.717, 1.165) is 36.5 Å². The molecule has 4 nitrogen and oxygen atoms in total. The summed E-state index contributed by atoms with van der Waals surface area (Å²) in [4.78, 5) is 14.4. The van der Waals surface area contributed by atoms with Crippen molar-refractivity contribution < 1.29 is 9.53 Å². The Morgan fingerprint density at radius 1 is 1.40 bits per heavy atom. The first-order valence-corrected chi connectivity index (χ1v) is 6.69. The first-order valence-electron chi connectivity index (χ1n) is 6.69. The number of piperazine rings is 1. The van der Waals surface area contributed by atoms with Crippen LogP contribution in [0, 0.1) is 0 Å². The summed E-state index contributed by atoms with van der Waals surface area (Å²) in [5.41, 5.74) is 1.73. The molecule has 2 aliphatic heterocycles. The van der Waals surface area contributed by atoms with Gasteiger partial charge >= 0.3 is 0 Å². The van der Waals surface area contributed by atoms with Crippen molar-refractivity contribution in [1.82, 2.24) is 10.2 Å². The Kier molecular flexibility index (Phi) is 4.68. The van der Waals surface area contributed by atoms with Crippen LogP contribution < -0.4 is 10.1 Å². The van der Waals surface area contributed by atoms with Crippen LogP contribution in [0.25, 0.3) is 6.08 Å². The molecule has 5 heteroatoms. The van der Waals surface area contributed by atoms with Gasteiger partial charge in [0.25, 0.3) is 5.91 Å². The Hall–Kier alpha value is -1.52. The lowest BCUT2D eigenvalue weighted by atomic mass is 10.1. The van der Waals surface area contributed by atoms with Crippen molar-refractivity contribution in [2.24, 2.45) is 0 Å². The van der Waals surface area contributed by atoms with Gasteiger partial charge in [-0.3, -0.25) is 4.79 Å². The topological polar surface area (TPSA) is 41.6 Å². The van der Waals surface area contributed by atoms with E-state index in [-0.39, 0.29) is 18.3 Å². The lowest BCUT2D eigenvalue weighted by molar-refractivity contribution is -0.128. The number of nitrogens with zero attached hydrogens (tertiary/aromatic N) is 1. The molecule has 1 N–H and O–H groups in total. The fourth-order valence-corrected chi connectivity index (χ4v) is 2.56. The molecule has 1 fully saturated rings. The molecule has 20 heavy (non-hydrogen) atoms. The molecule has 3 rings (SSSR count). The van der Waals surface area contributed by atoms with E-state index in [0.29, 0.717) is 12.6 Å². The van der Waals surface area contributed by atoms with E-state index in [1.807, 2.05) is 35.2 Å². The molecule has 2 aliphatic rings. The maximum absolute atomic E-state index is 12.5. The number of ether oxygens (including phenoxy) is 1. The van der Waals surface area contributed by atoms with Crippen molar-refractivity contribution in [2.75, 3.05) is 26.2 Å². The van der Waals surface area contributed by atoms with Gasteiger partial charge in [0.1, 0.15) is 12.4 Å². The number of carbonyl (C=O) groups is 1. The number of halogens is 1. The molecule has 108 valence electrons. The highest BCUT2D eigenvalue weighted by Crippen LogP contribution is 2.26. The number of fused-ring (bicyclic) bond motifs is 1. The second-order valence-electron chi connectivity index (χ2n) is 5.10. The zero-order chi connectivity index (χ0) is 13.2. The number of hydrogen-bond donors (Lipinski definition) is 1. The first-order chi connectivity index (χ1) is 9.24. The third-order valence-corrected chi connectivity index (χ3v) is 3.56. The number of hydrogen-bond acceptors (Lipinski definition) is 3. The van der Waals surface area contributed by atoms with Gasteiger partial charge in [-0.2, -0.15) is 0 Å². The summed E-state index contributed by atoms with van der Waals surface area (Å²) < 4.78 is 5.64. The van der Waals surface area contributed by atoms with E-state index in [1.165, 1.54) is 0 Å². The lowest BCUT2D eigenvalue weighted by Crippen LogP contribution is -2.52. The number of benzene rings is 1. The molecule has 1 saturated heterocycles. The van der Waals surface area contributed by atoms with Crippen LogP contribution in [0.2, 0.25) is 0 Å². The van der Waals surface area contributed by atoms with E-state index in [4.69, 9.17) is 4.74 Å². The van der Waals surface area contributed by atoms with Crippen LogP contribution >= 0.6 is 12.4 Å². The third kappa shape index (κ3) is 2.97. The monoisotopic (exact) mass is 294 g/mol. The summed E-state index contributed by atoms with van der Waals surface area (Å²) in [6.07, 6.45) is 1.95. The Balaban J connectivity index is 0.00000147. The maximum atomic E-state index is 12.5. The molecule has 0 aromatic heterocycles. The smallest absolute Gasteiger partial charge is 0.253 e. The molecule has 0 saturated carbocycles. The van der Waals surface area contributed by atoms with Crippen LogP contribution in [0.4, 0.5) is 0 Å². The zero-order valence-corrected chi connectivity index (χ0v) is 12.3. The Morgan fingerprint density at radius 2 is 2.20 bits per heavy atom. The van der Waals surface area contributed by atoms with Crippen molar-refractivity contribution in [3.05, 3.63) is 35.4 Å². The molecule has 0 radical (unpaired) electrons. The number of para-hydroxylation sites is 1. The van der Waals surface area contributed by atoms with Crippen LogP contribution in [0.15, 0.2) is 29.8 Å². The zero-order valence-electron chi connectivity index (χ0n) is 11.5. The standard InChI is InChI=1S/C15H18N2O2.ClH/c1-11-9-17(7-6-16-11)15(18)13-8-12-4-2-3-5-14(12)19-10-13;/h2-5,8,11,16H,6-7,9-10H2,1H3;1H. The largest absolute Gasteiger partial charge is 0.488 e. The van der Waals surface area contributed by atoms with E-state index < -0.39 is 0 Å². The Labute approximate surface area is 125 Å². The number of amides is 1. The van der Waals surface area contributed by atoms with Crippen LogP contribution in [0.5, 0.6) is 5.75 Å². The minimum Gasteiger partial charge on any atom is -0.488 e. The van der Waals surface area contributed by atoms with Gasteiger partial charge in [-0.1, -0.05) is 18.2 Å².